The second kappa shape index (κ2) is 8.20. The Balaban J connectivity index is 1.56. The van der Waals surface area contributed by atoms with Crippen molar-refractivity contribution in [2.45, 2.75) is 90.6 Å². The molecule has 0 aromatic rings. The predicted molar refractivity (Wildman–Crippen MR) is 120 cm³/mol. The Morgan fingerprint density at radius 3 is 2.55 bits per heavy atom. The Kier molecular flexibility index (Phi) is 6.30. The molecule has 0 aromatic carbocycles. The molecule has 0 heterocycles. The summed E-state index contributed by atoms with van der Waals surface area (Å²) in [6.45, 7) is 8.05. The zero-order valence-electron chi connectivity index (χ0n) is 18.7. The molecule has 4 rings (SSSR count). The Morgan fingerprint density at radius 1 is 1.07 bits per heavy atom. The van der Waals surface area contributed by atoms with Crippen molar-refractivity contribution in [2.24, 2.45) is 40.4 Å². The zero-order valence-corrected chi connectivity index (χ0v) is 20.3. The molecule has 8 atom stereocenters. The Morgan fingerprint density at radius 2 is 1.86 bits per heavy atom. The van der Waals surface area contributed by atoms with Crippen LogP contribution in [0.4, 0.5) is 0 Å². The number of ether oxygens (including phenoxy) is 1. The van der Waals surface area contributed by atoms with Gasteiger partial charge in [0.25, 0.3) is 0 Å². The van der Waals surface area contributed by atoms with Crippen LogP contribution in [-0.2, 0) is 9.53 Å². The van der Waals surface area contributed by atoms with Crippen molar-refractivity contribution in [3.05, 3.63) is 0 Å². The van der Waals surface area contributed by atoms with Gasteiger partial charge in [0.15, 0.2) is 0 Å². The van der Waals surface area contributed by atoms with Crippen LogP contribution in [0, 0.1) is 40.4 Å². The van der Waals surface area contributed by atoms with E-state index < -0.39 is 5.60 Å². The molecule has 3 nitrogen and oxygen atoms in total. The standard InChI is InChI=1S/C25H41BrO3/c1-4-25-13-12-24(28,16-29-5-2)14-17(25)6-7-18-19-8-9-21(22(27)15-26)23(19,3)11-10-20(18)25/h17-21,28H,4-16H2,1-3H3/t17-,18+,19+,20+,21-,23+,24-,25+/m1/s1. The van der Waals surface area contributed by atoms with Gasteiger partial charge in [-0.3, -0.25) is 4.79 Å². The topological polar surface area (TPSA) is 46.5 Å². The molecular weight excluding hydrogens is 428 g/mol. The summed E-state index contributed by atoms with van der Waals surface area (Å²) >= 11 is 3.44. The third-order valence-electron chi connectivity index (χ3n) is 10.3. The molecule has 0 aliphatic heterocycles. The number of carbonyl (C=O) groups excluding carboxylic acids is 1. The summed E-state index contributed by atoms with van der Waals surface area (Å²) in [5.74, 6) is 3.65. The zero-order chi connectivity index (χ0) is 20.9. The van der Waals surface area contributed by atoms with Gasteiger partial charge < -0.3 is 9.84 Å². The first kappa shape index (κ1) is 22.3. The molecule has 0 saturated heterocycles. The van der Waals surface area contributed by atoms with E-state index in [9.17, 15) is 9.90 Å². The molecular formula is C25H41BrO3. The molecule has 4 saturated carbocycles. The van der Waals surface area contributed by atoms with Crippen molar-refractivity contribution in [3.63, 3.8) is 0 Å². The fourth-order valence-corrected chi connectivity index (χ4v) is 9.27. The molecule has 4 fully saturated rings. The highest BCUT2D eigenvalue weighted by atomic mass is 79.9. The average molecular weight is 470 g/mol. The minimum Gasteiger partial charge on any atom is -0.387 e. The molecule has 0 amide bonds. The quantitative estimate of drug-likeness (QED) is 0.503. The van der Waals surface area contributed by atoms with Crippen molar-refractivity contribution in [2.75, 3.05) is 18.5 Å². The smallest absolute Gasteiger partial charge is 0.147 e. The van der Waals surface area contributed by atoms with E-state index in [-0.39, 0.29) is 11.3 Å². The lowest BCUT2D eigenvalue weighted by molar-refractivity contribution is -0.173. The van der Waals surface area contributed by atoms with E-state index in [4.69, 9.17) is 4.74 Å². The lowest BCUT2D eigenvalue weighted by atomic mass is 9.42. The molecule has 0 spiro atoms. The predicted octanol–water partition coefficient (Wildman–Crippen LogP) is 5.77. The SMILES string of the molecule is CCOC[C@@]1(O)CC[C@@]2(CC)[C@H](CC[C@H]3[C@@H]4CC[C@H](C(=O)CBr)[C@@]4(C)CC[C@@H]32)C1. The molecule has 0 radical (unpaired) electrons. The van der Waals surface area contributed by atoms with Crippen LogP contribution in [0.1, 0.15) is 85.0 Å². The van der Waals surface area contributed by atoms with Gasteiger partial charge in [-0.1, -0.05) is 29.8 Å². The average Bonchev–Trinajstić information content (AvgIpc) is 3.08. The number of aliphatic hydroxyl groups is 1. The summed E-state index contributed by atoms with van der Waals surface area (Å²) < 4.78 is 5.66. The van der Waals surface area contributed by atoms with E-state index in [0.717, 1.165) is 43.4 Å². The monoisotopic (exact) mass is 468 g/mol. The summed E-state index contributed by atoms with van der Waals surface area (Å²) in [7, 11) is 0. The Bertz CT molecular complexity index is 623. The van der Waals surface area contributed by atoms with Crippen molar-refractivity contribution >= 4 is 21.7 Å². The maximum atomic E-state index is 12.7. The normalized spacial score (nSPS) is 49.2. The van der Waals surface area contributed by atoms with E-state index in [1.165, 1.54) is 38.5 Å². The number of hydrogen-bond acceptors (Lipinski definition) is 3. The first-order valence-electron chi connectivity index (χ1n) is 12.2. The molecule has 29 heavy (non-hydrogen) atoms. The molecule has 0 bridgehead atoms. The number of alkyl halides is 1. The van der Waals surface area contributed by atoms with Gasteiger partial charge in [0.05, 0.1) is 17.5 Å². The van der Waals surface area contributed by atoms with Gasteiger partial charge in [0, 0.05) is 12.5 Å². The molecule has 1 N–H and O–H groups in total. The summed E-state index contributed by atoms with van der Waals surface area (Å²) in [6.07, 6.45) is 11.7. The van der Waals surface area contributed by atoms with Crippen molar-refractivity contribution in [3.8, 4) is 0 Å². The van der Waals surface area contributed by atoms with Gasteiger partial charge in [0.1, 0.15) is 5.78 Å². The largest absolute Gasteiger partial charge is 0.387 e. The van der Waals surface area contributed by atoms with Gasteiger partial charge >= 0.3 is 0 Å². The van der Waals surface area contributed by atoms with Crippen LogP contribution in [0.5, 0.6) is 0 Å². The lowest BCUT2D eigenvalue weighted by Crippen LogP contribution is -2.57. The first-order chi connectivity index (χ1) is 13.8. The van der Waals surface area contributed by atoms with Crippen LogP contribution in [0.2, 0.25) is 0 Å². The summed E-state index contributed by atoms with van der Waals surface area (Å²) in [5.41, 5.74) is 0.00841. The van der Waals surface area contributed by atoms with Crippen LogP contribution in [0.15, 0.2) is 0 Å². The van der Waals surface area contributed by atoms with Crippen LogP contribution in [0.3, 0.4) is 0 Å². The minimum absolute atomic E-state index is 0.220. The highest BCUT2D eigenvalue weighted by Crippen LogP contribution is 2.69. The number of halogens is 1. The summed E-state index contributed by atoms with van der Waals surface area (Å²) in [4.78, 5) is 12.7. The third-order valence-corrected chi connectivity index (χ3v) is 10.8. The van der Waals surface area contributed by atoms with Crippen molar-refractivity contribution in [1.29, 1.82) is 0 Å². The summed E-state index contributed by atoms with van der Waals surface area (Å²) in [5, 5.41) is 11.7. The van der Waals surface area contributed by atoms with Gasteiger partial charge in [-0.15, -0.1) is 0 Å². The van der Waals surface area contributed by atoms with E-state index in [2.05, 4.69) is 29.8 Å². The fourth-order valence-electron chi connectivity index (χ4n) is 8.88. The summed E-state index contributed by atoms with van der Waals surface area (Å²) in [6, 6.07) is 0. The van der Waals surface area contributed by atoms with Crippen molar-refractivity contribution < 1.29 is 14.6 Å². The molecule has 4 aliphatic carbocycles. The second-order valence-corrected chi connectivity index (χ2v) is 11.6. The lowest BCUT2D eigenvalue weighted by Gasteiger charge is -2.63. The number of fused-ring (bicyclic) bond motifs is 5. The third kappa shape index (κ3) is 3.48. The minimum atomic E-state index is -0.615. The van der Waals surface area contributed by atoms with Crippen molar-refractivity contribution in [1.82, 2.24) is 0 Å². The van der Waals surface area contributed by atoms with Crippen LogP contribution in [-0.4, -0.2) is 35.0 Å². The Hall–Kier alpha value is 0.0700. The van der Waals surface area contributed by atoms with Gasteiger partial charge in [-0.25, -0.2) is 0 Å². The van der Waals surface area contributed by atoms with Gasteiger partial charge in [-0.2, -0.15) is 0 Å². The maximum Gasteiger partial charge on any atom is 0.147 e. The van der Waals surface area contributed by atoms with E-state index in [0.29, 0.717) is 35.7 Å². The highest BCUT2D eigenvalue weighted by molar-refractivity contribution is 9.09. The molecule has 0 aromatic heterocycles. The van der Waals surface area contributed by atoms with Crippen LogP contribution >= 0.6 is 15.9 Å². The second-order valence-electron chi connectivity index (χ2n) is 11.1. The first-order valence-corrected chi connectivity index (χ1v) is 13.3. The number of hydrogen-bond donors (Lipinski definition) is 1. The number of rotatable bonds is 6. The van der Waals surface area contributed by atoms with E-state index in [1.807, 2.05) is 6.92 Å². The highest BCUT2D eigenvalue weighted by Gasteiger charge is 2.62. The van der Waals surface area contributed by atoms with E-state index >= 15 is 0 Å². The van der Waals surface area contributed by atoms with E-state index in [1.54, 1.807) is 0 Å². The number of ketones is 1. The number of Topliss-reactive ketones (excluding diaryl/α,β-unsaturated/α-hetero) is 1. The van der Waals surface area contributed by atoms with Crippen LogP contribution in [0.25, 0.3) is 0 Å². The maximum absolute atomic E-state index is 12.7. The molecule has 166 valence electrons. The van der Waals surface area contributed by atoms with Gasteiger partial charge in [-0.05, 0) is 106 Å². The molecule has 4 aliphatic rings. The van der Waals surface area contributed by atoms with Crippen LogP contribution < -0.4 is 0 Å². The molecule has 0 unspecified atom stereocenters. The van der Waals surface area contributed by atoms with Gasteiger partial charge in [0.2, 0.25) is 0 Å². The Labute approximate surface area is 185 Å². The fraction of sp³-hybridized carbons (Fsp3) is 0.960. The number of carbonyl (C=O) groups is 1. The molecule has 4 heteroatoms.